The normalized spacial score (nSPS) is 11.4. The first-order valence-corrected chi connectivity index (χ1v) is 10.7. The minimum absolute atomic E-state index is 0.0295. The van der Waals surface area contributed by atoms with E-state index in [0.717, 1.165) is 17.2 Å². The molecule has 0 radical (unpaired) electrons. The highest BCUT2D eigenvalue weighted by Gasteiger charge is 2.16. The van der Waals surface area contributed by atoms with Crippen molar-refractivity contribution in [3.63, 3.8) is 0 Å². The van der Waals surface area contributed by atoms with Crippen LogP contribution < -0.4 is 4.74 Å². The number of hydrogen-bond donors (Lipinski definition) is 2. The van der Waals surface area contributed by atoms with E-state index in [9.17, 15) is 9.90 Å². The van der Waals surface area contributed by atoms with Crippen LogP contribution in [0, 0.1) is 12.7 Å². The SMILES string of the molecule is Cc1ccc(Oc2nc3cc(-c4cc5ccn(CCO)c5cc4F)c(Cl)cc3[nH]2)cc1C=O. The van der Waals surface area contributed by atoms with Gasteiger partial charge in [0.05, 0.1) is 28.2 Å². The van der Waals surface area contributed by atoms with Crippen LogP contribution >= 0.6 is 11.6 Å². The van der Waals surface area contributed by atoms with Gasteiger partial charge in [-0.25, -0.2) is 4.39 Å². The highest BCUT2D eigenvalue weighted by atomic mass is 35.5. The molecule has 0 unspecified atom stereocenters. The number of nitrogens with one attached hydrogen (secondary N) is 1. The summed E-state index contributed by atoms with van der Waals surface area (Å²) in [6, 6.07) is 13.9. The minimum Gasteiger partial charge on any atom is -0.426 e. The quantitative estimate of drug-likeness (QED) is 0.308. The monoisotopic (exact) mass is 463 g/mol. The molecule has 2 N–H and O–H groups in total. The lowest BCUT2D eigenvalue weighted by molar-refractivity contribution is 0.112. The van der Waals surface area contributed by atoms with Gasteiger partial charge in [-0.2, -0.15) is 4.98 Å². The topological polar surface area (TPSA) is 80.1 Å². The van der Waals surface area contributed by atoms with Gasteiger partial charge in [-0.1, -0.05) is 17.7 Å². The van der Waals surface area contributed by atoms with Gasteiger partial charge in [0.2, 0.25) is 0 Å². The zero-order valence-electron chi connectivity index (χ0n) is 17.6. The fraction of sp³-hybridized carbons (Fsp3) is 0.120. The molecular formula is C25H19ClFN3O3. The molecule has 8 heteroatoms. The van der Waals surface area contributed by atoms with Crippen molar-refractivity contribution in [2.24, 2.45) is 0 Å². The first kappa shape index (κ1) is 21.2. The van der Waals surface area contributed by atoms with E-state index in [4.69, 9.17) is 16.3 Å². The number of nitrogens with zero attached hydrogens (tertiary/aromatic N) is 2. The Hall–Kier alpha value is -3.68. The number of carbonyl (C=O) groups is 1. The molecular weight excluding hydrogens is 445 g/mol. The predicted molar refractivity (Wildman–Crippen MR) is 126 cm³/mol. The summed E-state index contributed by atoms with van der Waals surface area (Å²) in [6.45, 7) is 2.20. The number of aromatic nitrogens is 3. The molecule has 5 aromatic rings. The molecule has 0 fully saturated rings. The summed E-state index contributed by atoms with van der Waals surface area (Å²) in [5, 5.41) is 10.4. The van der Waals surface area contributed by atoms with Gasteiger partial charge in [-0.15, -0.1) is 0 Å². The van der Waals surface area contributed by atoms with E-state index in [1.54, 1.807) is 41.0 Å². The fourth-order valence-electron chi connectivity index (χ4n) is 3.90. The van der Waals surface area contributed by atoms with E-state index in [1.807, 2.05) is 19.2 Å². The molecule has 0 amide bonds. The number of imidazole rings is 1. The summed E-state index contributed by atoms with van der Waals surface area (Å²) in [4.78, 5) is 18.7. The number of aliphatic hydroxyl groups is 1. The highest BCUT2D eigenvalue weighted by molar-refractivity contribution is 6.34. The molecule has 5 rings (SSSR count). The van der Waals surface area contributed by atoms with Crippen LogP contribution in [-0.4, -0.2) is 32.5 Å². The number of aryl methyl sites for hydroxylation is 1. The zero-order chi connectivity index (χ0) is 23.1. The summed E-state index contributed by atoms with van der Waals surface area (Å²) < 4.78 is 22.6. The third-order valence-corrected chi connectivity index (χ3v) is 5.94. The lowest BCUT2D eigenvalue weighted by Crippen LogP contribution is -2.00. The van der Waals surface area contributed by atoms with Crippen LogP contribution in [0.15, 0.2) is 54.7 Å². The second-order valence-electron chi connectivity index (χ2n) is 7.75. The van der Waals surface area contributed by atoms with Gasteiger partial charge in [-0.05, 0) is 55.0 Å². The number of hydrogen-bond acceptors (Lipinski definition) is 4. The van der Waals surface area contributed by atoms with Crippen molar-refractivity contribution in [2.45, 2.75) is 13.5 Å². The van der Waals surface area contributed by atoms with Crippen molar-refractivity contribution in [2.75, 3.05) is 6.61 Å². The number of aldehydes is 1. The smallest absolute Gasteiger partial charge is 0.300 e. The lowest BCUT2D eigenvalue weighted by atomic mass is 10.0. The Morgan fingerprint density at radius 2 is 2.03 bits per heavy atom. The highest BCUT2D eigenvalue weighted by Crippen LogP contribution is 2.36. The summed E-state index contributed by atoms with van der Waals surface area (Å²) in [6.07, 6.45) is 2.59. The number of carbonyl (C=O) groups excluding carboxylic acids is 1. The van der Waals surface area contributed by atoms with Crippen LogP contribution in [0.5, 0.6) is 11.8 Å². The van der Waals surface area contributed by atoms with Crippen molar-refractivity contribution >= 4 is 39.8 Å². The van der Waals surface area contributed by atoms with Gasteiger partial charge in [0, 0.05) is 34.8 Å². The largest absolute Gasteiger partial charge is 0.426 e. The van der Waals surface area contributed by atoms with E-state index in [1.165, 1.54) is 6.07 Å². The second-order valence-corrected chi connectivity index (χ2v) is 8.16. The van der Waals surface area contributed by atoms with Crippen LogP contribution in [0.4, 0.5) is 4.39 Å². The Morgan fingerprint density at radius 1 is 1.18 bits per heavy atom. The molecule has 0 bridgehead atoms. The van der Waals surface area contributed by atoms with Crippen molar-refractivity contribution in [1.82, 2.24) is 14.5 Å². The van der Waals surface area contributed by atoms with E-state index in [-0.39, 0.29) is 12.6 Å². The van der Waals surface area contributed by atoms with Crippen molar-refractivity contribution in [1.29, 1.82) is 0 Å². The van der Waals surface area contributed by atoms with Crippen LogP contribution in [0.2, 0.25) is 5.02 Å². The molecule has 33 heavy (non-hydrogen) atoms. The Balaban J connectivity index is 1.53. The first-order valence-electron chi connectivity index (χ1n) is 10.3. The summed E-state index contributed by atoms with van der Waals surface area (Å²) in [7, 11) is 0. The standard InChI is InChI=1S/C25H19ClFN3O3/c1-14-2-3-17(8-16(14)13-32)33-25-28-22-10-18(20(26)11-23(22)29-25)19-9-15-4-5-30(6-7-31)24(15)12-21(19)27/h2-5,8-13,31H,6-7H2,1H3,(H,28,29). The minimum atomic E-state index is -0.422. The fourth-order valence-corrected chi connectivity index (χ4v) is 4.17. The zero-order valence-corrected chi connectivity index (χ0v) is 18.4. The molecule has 2 heterocycles. The molecule has 166 valence electrons. The molecule has 0 aliphatic carbocycles. The molecule has 0 saturated carbocycles. The maximum atomic E-state index is 15.1. The molecule has 0 aliphatic rings. The van der Waals surface area contributed by atoms with E-state index in [2.05, 4.69) is 9.97 Å². The molecule has 2 aromatic heterocycles. The maximum absolute atomic E-state index is 15.1. The van der Waals surface area contributed by atoms with E-state index >= 15 is 4.39 Å². The molecule has 0 aliphatic heterocycles. The number of H-pyrrole nitrogens is 1. The first-order chi connectivity index (χ1) is 16.0. The molecule has 0 atom stereocenters. The number of halogens is 2. The van der Waals surface area contributed by atoms with Crippen LogP contribution in [0.25, 0.3) is 33.1 Å². The van der Waals surface area contributed by atoms with Gasteiger partial charge in [0.15, 0.2) is 0 Å². The Morgan fingerprint density at radius 3 is 2.82 bits per heavy atom. The molecule has 0 saturated heterocycles. The molecule has 0 spiro atoms. The maximum Gasteiger partial charge on any atom is 0.300 e. The number of benzene rings is 3. The average molecular weight is 464 g/mol. The predicted octanol–water partition coefficient (Wildman–Crippen LogP) is 5.88. The number of aromatic amines is 1. The third-order valence-electron chi connectivity index (χ3n) is 5.63. The van der Waals surface area contributed by atoms with Gasteiger partial charge >= 0.3 is 0 Å². The van der Waals surface area contributed by atoms with Gasteiger partial charge in [0.25, 0.3) is 6.01 Å². The van der Waals surface area contributed by atoms with Crippen molar-refractivity contribution in [3.8, 4) is 22.9 Å². The average Bonchev–Trinajstić information content (AvgIpc) is 3.37. The number of fused-ring (bicyclic) bond motifs is 2. The van der Waals surface area contributed by atoms with Crippen LogP contribution in [0.3, 0.4) is 0 Å². The summed E-state index contributed by atoms with van der Waals surface area (Å²) in [5.41, 5.74) is 4.15. The van der Waals surface area contributed by atoms with Crippen molar-refractivity contribution in [3.05, 3.63) is 76.7 Å². The Kier molecular flexibility index (Phi) is 5.36. The second kappa shape index (κ2) is 8.35. The summed E-state index contributed by atoms with van der Waals surface area (Å²) in [5.74, 6) is 0.0478. The van der Waals surface area contributed by atoms with Gasteiger partial charge in [0.1, 0.15) is 17.9 Å². The van der Waals surface area contributed by atoms with Gasteiger partial charge < -0.3 is 19.4 Å². The Labute approximate surface area is 193 Å². The van der Waals surface area contributed by atoms with Crippen molar-refractivity contribution < 1.29 is 19.0 Å². The number of ether oxygens (including phenoxy) is 1. The Bertz CT molecular complexity index is 1520. The number of aliphatic hydroxyl groups excluding tert-OH is 1. The number of rotatable bonds is 6. The van der Waals surface area contributed by atoms with E-state index in [0.29, 0.717) is 50.6 Å². The third kappa shape index (κ3) is 3.86. The van der Waals surface area contributed by atoms with Gasteiger partial charge in [-0.3, -0.25) is 4.79 Å². The summed E-state index contributed by atoms with van der Waals surface area (Å²) >= 11 is 6.51. The van der Waals surface area contributed by atoms with Crippen LogP contribution in [0.1, 0.15) is 15.9 Å². The lowest BCUT2D eigenvalue weighted by Gasteiger charge is -2.08. The van der Waals surface area contributed by atoms with Crippen LogP contribution in [-0.2, 0) is 6.54 Å². The molecule has 3 aromatic carbocycles. The molecule has 6 nitrogen and oxygen atoms in total. The van der Waals surface area contributed by atoms with E-state index < -0.39 is 5.82 Å².